The second kappa shape index (κ2) is 7.73. The minimum atomic E-state index is -3.18. The molecule has 140 valence electrons. The number of aromatic nitrogens is 1. The van der Waals surface area contributed by atoms with Crippen molar-refractivity contribution in [2.45, 2.75) is 12.8 Å². The summed E-state index contributed by atoms with van der Waals surface area (Å²) in [6.45, 7) is 0.762. The molecule has 7 nitrogen and oxygen atoms in total. The molecule has 1 aromatic heterocycles. The highest BCUT2D eigenvalue weighted by Crippen LogP contribution is 2.27. The summed E-state index contributed by atoms with van der Waals surface area (Å²) in [6, 6.07) is 7.56. The van der Waals surface area contributed by atoms with E-state index < -0.39 is 10.0 Å². The number of hydrogen-bond donors (Lipinski definition) is 1. The largest absolute Gasteiger partial charge is 0.497 e. The number of methoxy groups -OCH3 is 1. The molecule has 1 saturated heterocycles. The average Bonchev–Trinajstić information content (AvgIpc) is 3.09. The predicted octanol–water partition coefficient (Wildman–Crippen LogP) is 2.43. The molecular weight excluding hydrogens is 374 g/mol. The van der Waals surface area contributed by atoms with Crippen LogP contribution in [0.4, 0.5) is 5.13 Å². The van der Waals surface area contributed by atoms with Crippen LogP contribution in [0.2, 0.25) is 0 Å². The van der Waals surface area contributed by atoms with Crippen LogP contribution in [0.25, 0.3) is 11.3 Å². The molecule has 9 heteroatoms. The molecule has 0 unspecified atom stereocenters. The van der Waals surface area contributed by atoms with Gasteiger partial charge in [0.25, 0.3) is 0 Å². The third kappa shape index (κ3) is 4.40. The minimum Gasteiger partial charge on any atom is -0.497 e. The molecule has 26 heavy (non-hydrogen) atoms. The van der Waals surface area contributed by atoms with Gasteiger partial charge in [-0.1, -0.05) is 0 Å². The highest BCUT2D eigenvalue weighted by Gasteiger charge is 2.29. The Hall–Kier alpha value is -1.97. The van der Waals surface area contributed by atoms with Gasteiger partial charge in [-0.15, -0.1) is 11.3 Å². The monoisotopic (exact) mass is 395 g/mol. The molecule has 0 saturated carbocycles. The number of carbonyl (C=O) groups is 1. The lowest BCUT2D eigenvalue weighted by molar-refractivity contribution is -0.120. The number of piperidine rings is 1. The van der Waals surface area contributed by atoms with Crippen LogP contribution in [-0.4, -0.2) is 50.1 Å². The topological polar surface area (TPSA) is 88.6 Å². The van der Waals surface area contributed by atoms with E-state index in [0.717, 1.165) is 17.0 Å². The maximum absolute atomic E-state index is 12.4. The number of nitrogens with zero attached hydrogens (tertiary/aromatic N) is 2. The lowest BCUT2D eigenvalue weighted by Crippen LogP contribution is -2.40. The molecule has 3 rings (SSSR count). The summed E-state index contributed by atoms with van der Waals surface area (Å²) in [7, 11) is -1.57. The molecule has 1 N–H and O–H groups in total. The molecule has 1 aliphatic heterocycles. The number of anilines is 1. The average molecular weight is 396 g/mol. The molecule has 0 radical (unpaired) electrons. The number of sulfonamides is 1. The Morgan fingerprint density at radius 3 is 2.50 bits per heavy atom. The molecule has 1 aliphatic rings. The highest BCUT2D eigenvalue weighted by atomic mass is 32.2. The Morgan fingerprint density at radius 1 is 1.27 bits per heavy atom. The molecule has 0 aliphatic carbocycles. The number of ether oxygens (including phenoxy) is 1. The predicted molar refractivity (Wildman–Crippen MR) is 102 cm³/mol. The summed E-state index contributed by atoms with van der Waals surface area (Å²) in [4.78, 5) is 16.9. The lowest BCUT2D eigenvalue weighted by Gasteiger charge is -2.29. The zero-order valence-electron chi connectivity index (χ0n) is 14.6. The molecular formula is C17H21N3O4S2. The van der Waals surface area contributed by atoms with Crippen molar-refractivity contribution in [2.75, 3.05) is 31.8 Å². The quantitative estimate of drug-likeness (QED) is 0.840. The van der Waals surface area contributed by atoms with Crippen LogP contribution in [0.15, 0.2) is 29.6 Å². The van der Waals surface area contributed by atoms with Gasteiger partial charge in [-0.2, -0.15) is 0 Å². The summed E-state index contributed by atoms with van der Waals surface area (Å²) in [5, 5.41) is 5.29. The Bertz CT molecular complexity index is 870. The van der Waals surface area contributed by atoms with E-state index >= 15 is 0 Å². The summed E-state index contributed by atoms with van der Waals surface area (Å²) in [5.41, 5.74) is 1.74. The van der Waals surface area contributed by atoms with Crippen molar-refractivity contribution in [3.8, 4) is 17.0 Å². The van der Waals surface area contributed by atoms with Gasteiger partial charge in [-0.05, 0) is 37.1 Å². The fourth-order valence-corrected chi connectivity index (χ4v) is 4.48. The van der Waals surface area contributed by atoms with Crippen molar-refractivity contribution in [3.05, 3.63) is 29.6 Å². The first kappa shape index (κ1) is 18.8. The number of nitrogens with one attached hydrogen (secondary N) is 1. The molecule has 1 fully saturated rings. The number of benzene rings is 1. The van der Waals surface area contributed by atoms with Crippen molar-refractivity contribution >= 4 is 32.4 Å². The number of amides is 1. The summed E-state index contributed by atoms with van der Waals surface area (Å²) < 4.78 is 29.6. The van der Waals surface area contributed by atoms with Crippen LogP contribution in [0.1, 0.15) is 12.8 Å². The van der Waals surface area contributed by atoms with Gasteiger partial charge in [0.15, 0.2) is 5.13 Å². The molecule has 0 atom stereocenters. The van der Waals surface area contributed by atoms with Gasteiger partial charge in [-0.25, -0.2) is 17.7 Å². The highest BCUT2D eigenvalue weighted by molar-refractivity contribution is 7.88. The van der Waals surface area contributed by atoms with Crippen molar-refractivity contribution < 1.29 is 17.9 Å². The van der Waals surface area contributed by atoms with E-state index in [1.165, 1.54) is 21.9 Å². The second-order valence-corrected chi connectivity index (χ2v) is 9.03. The molecule has 0 bridgehead atoms. The Balaban J connectivity index is 1.59. The third-order valence-corrected chi connectivity index (χ3v) is 6.47. The summed E-state index contributed by atoms with van der Waals surface area (Å²) >= 11 is 1.37. The molecule has 1 amide bonds. The first-order valence-corrected chi connectivity index (χ1v) is 11.0. The molecule has 0 spiro atoms. The van der Waals surface area contributed by atoms with Gasteiger partial charge < -0.3 is 10.1 Å². The van der Waals surface area contributed by atoms with E-state index in [4.69, 9.17) is 4.74 Å². The molecule has 2 heterocycles. The van der Waals surface area contributed by atoms with Crippen LogP contribution >= 0.6 is 11.3 Å². The summed E-state index contributed by atoms with van der Waals surface area (Å²) in [5.74, 6) is 0.480. The zero-order valence-corrected chi connectivity index (χ0v) is 16.3. The molecule has 1 aromatic carbocycles. The second-order valence-electron chi connectivity index (χ2n) is 6.19. The first-order valence-electron chi connectivity index (χ1n) is 8.23. The lowest BCUT2D eigenvalue weighted by atomic mass is 9.97. The van der Waals surface area contributed by atoms with Crippen molar-refractivity contribution in [1.82, 2.24) is 9.29 Å². The number of hydrogen-bond acceptors (Lipinski definition) is 6. The fourth-order valence-electron chi connectivity index (χ4n) is 2.88. The van der Waals surface area contributed by atoms with Crippen molar-refractivity contribution in [2.24, 2.45) is 5.92 Å². The van der Waals surface area contributed by atoms with Crippen LogP contribution in [0.5, 0.6) is 5.75 Å². The zero-order chi connectivity index (χ0) is 18.7. The van der Waals surface area contributed by atoms with Gasteiger partial charge in [0.1, 0.15) is 5.75 Å². The minimum absolute atomic E-state index is 0.103. The van der Waals surface area contributed by atoms with Gasteiger partial charge in [0, 0.05) is 30.0 Å². The maximum atomic E-state index is 12.4. The van der Waals surface area contributed by atoms with E-state index in [1.54, 1.807) is 7.11 Å². The Labute approximate surface area is 157 Å². The van der Waals surface area contributed by atoms with Gasteiger partial charge in [0.05, 0.1) is 19.1 Å². The van der Waals surface area contributed by atoms with Gasteiger partial charge in [0.2, 0.25) is 15.9 Å². The van der Waals surface area contributed by atoms with Gasteiger partial charge in [-0.3, -0.25) is 4.79 Å². The number of rotatable bonds is 5. The van der Waals surface area contributed by atoms with Crippen LogP contribution in [0, 0.1) is 5.92 Å². The normalized spacial score (nSPS) is 16.4. The summed E-state index contributed by atoms with van der Waals surface area (Å²) in [6.07, 6.45) is 2.24. The van der Waals surface area contributed by atoms with E-state index in [2.05, 4.69) is 10.3 Å². The van der Waals surface area contributed by atoms with Crippen LogP contribution in [0.3, 0.4) is 0 Å². The standard InChI is InChI=1S/C17H21N3O4S2/c1-24-14-5-3-12(4-6-14)15-11-25-17(18-15)19-16(21)13-7-9-20(10-8-13)26(2,22)23/h3-6,11,13H,7-10H2,1-2H3,(H,18,19,21). The van der Waals surface area contributed by atoms with Crippen molar-refractivity contribution in [1.29, 1.82) is 0 Å². The van der Waals surface area contributed by atoms with Crippen LogP contribution < -0.4 is 10.1 Å². The van der Waals surface area contributed by atoms with Crippen LogP contribution in [-0.2, 0) is 14.8 Å². The smallest absolute Gasteiger partial charge is 0.229 e. The van der Waals surface area contributed by atoms with E-state index in [9.17, 15) is 13.2 Å². The number of thiazole rings is 1. The van der Waals surface area contributed by atoms with E-state index in [0.29, 0.717) is 31.1 Å². The molecule has 2 aromatic rings. The van der Waals surface area contributed by atoms with Gasteiger partial charge >= 0.3 is 0 Å². The fraction of sp³-hybridized carbons (Fsp3) is 0.412. The SMILES string of the molecule is COc1ccc(-c2csc(NC(=O)C3CCN(S(C)(=O)=O)CC3)n2)cc1. The Morgan fingerprint density at radius 2 is 1.92 bits per heavy atom. The number of carbonyl (C=O) groups excluding carboxylic acids is 1. The maximum Gasteiger partial charge on any atom is 0.229 e. The van der Waals surface area contributed by atoms with E-state index in [-0.39, 0.29) is 11.8 Å². The van der Waals surface area contributed by atoms with E-state index in [1.807, 2.05) is 29.6 Å². The Kier molecular flexibility index (Phi) is 5.59. The first-order chi connectivity index (χ1) is 12.4. The third-order valence-electron chi connectivity index (χ3n) is 4.41. The van der Waals surface area contributed by atoms with Crippen molar-refractivity contribution in [3.63, 3.8) is 0 Å².